The van der Waals surface area contributed by atoms with E-state index in [1.165, 1.54) is 24.2 Å². The number of benzene rings is 1. The van der Waals surface area contributed by atoms with E-state index >= 15 is 0 Å². The fourth-order valence-electron chi connectivity index (χ4n) is 2.40. The molecule has 0 amide bonds. The van der Waals surface area contributed by atoms with Gasteiger partial charge in [0.2, 0.25) is 0 Å². The number of rotatable bonds is 2. The van der Waals surface area contributed by atoms with Gasteiger partial charge >= 0.3 is 0 Å². The Bertz CT molecular complexity index is 328. The predicted molar refractivity (Wildman–Crippen MR) is 62.0 cm³/mol. The van der Waals surface area contributed by atoms with Crippen LogP contribution < -0.4 is 4.90 Å². The first-order valence-corrected chi connectivity index (χ1v) is 5.61. The highest BCUT2D eigenvalue weighted by atomic mass is 15.2. The largest absolute Gasteiger partial charge is 0.369 e. The summed E-state index contributed by atoms with van der Waals surface area (Å²) in [5.74, 6) is 0. The van der Waals surface area contributed by atoms with Gasteiger partial charge in [0.25, 0.3) is 0 Å². The Morgan fingerprint density at radius 1 is 1.36 bits per heavy atom. The predicted octanol–water partition coefficient (Wildman–Crippen LogP) is 3.02. The second kappa shape index (κ2) is 3.64. The van der Waals surface area contributed by atoms with Crippen molar-refractivity contribution in [2.45, 2.75) is 39.7 Å². The second-order valence-corrected chi connectivity index (χ2v) is 4.31. The molecule has 1 heterocycles. The summed E-state index contributed by atoms with van der Waals surface area (Å²) < 4.78 is 0. The highest BCUT2D eigenvalue weighted by Crippen LogP contribution is 2.32. The summed E-state index contributed by atoms with van der Waals surface area (Å²) >= 11 is 0. The molecule has 1 nitrogen and oxygen atoms in total. The standard InChI is InChI=1S/C13H19N/c1-4-11-6-5-7-13-12(11)8-9-14(13)10(2)3/h5-7,10H,4,8-9H2,1-3H3. The van der Waals surface area contributed by atoms with Gasteiger partial charge in [0.05, 0.1) is 0 Å². The number of nitrogens with zero attached hydrogens (tertiary/aromatic N) is 1. The quantitative estimate of drug-likeness (QED) is 0.691. The van der Waals surface area contributed by atoms with E-state index in [-0.39, 0.29) is 0 Å². The van der Waals surface area contributed by atoms with Crippen molar-refractivity contribution in [1.82, 2.24) is 0 Å². The maximum absolute atomic E-state index is 2.51. The van der Waals surface area contributed by atoms with Crippen LogP contribution >= 0.6 is 0 Å². The van der Waals surface area contributed by atoms with E-state index in [4.69, 9.17) is 0 Å². The van der Waals surface area contributed by atoms with Crippen LogP contribution in [0.4, 0.5) is 5.69 Å². The molecule has 14 heavy (non-hydrogen) atoms. The van der Waals surface area contributed by atoms with Gasteiger partial charge in [0.1, 0.15) is 0 Å². The van der Waals surface area contributed by atoms with E-state index in [2.05, 4.69) is 43.9 Å². The van der Waals surface area contributed by atoms with Crippen LogP contribution in [0.3, 0.4) is 0 Å². The highest BCUT2D eigenvalue weighted by Gasteiger charge is 2.22. The number of hydrogen-bond donors (Lipinski definition) is 0. The van der Waals surface area contributed by atoms with Crippen LogP contribution in [-0.2, 0) is 12.8 Å². The molecule has 0 atom stereocenters. The number of fused-ring (bicyclic) bond motifs is 1. The molecule has 0 saturated heterocycles. The maximum Gasteiger partial charge on any atom is 0.0404 e. The van der Waals surface area contributed by atoms with Crippen LogP contribution in [0, 0.1) is 0 Å². The molecule has 0 N–H and O–H groups in total. The first-order valence-electron chi connectivity index (χ1n) is 5.61. The van der Waals surface area contributed by atoms with E-state index in [1.807, 2.05) is 0 Å². The number of aryl methyl sites for hydroxylation is 1. The van der Waals surface area contributed by atoms with Gasteiger partial charge in [0, 0.05) is 18.3 Å². The fourth-order valence-corrected chi connectivity index (χ4v) is 2.40. The SMILES string of the molecule is CCc1cccc2c1CCN2C(C)C. The van der Waals surface area contributed by atoms with Crippen LogP contribution in [-0.4, -0.2) is 12.6 Å². The van der Waals surface area contributed by atoms with Gasteiger partial charge in [-0.25, -0.2) is 0 Å². The third kappa shape index (κ3) is 1.41. The van der Waals surface area contributed by atoms with E-state index in [1.54, 1.807) is 5.56 Å². The molecule has 1 aliphatic rings. The minimum atomic E-state index is 0.628. The molecule has 2 rings (SSSR count). The summed E-state index contributed by atoms with van der Waals surface area (Å²) in [6.07, 6.45) is 2.40. The molecule has 0 saturated carbocycles. The highest BCUT2D eigenvalue weighted by molar-refractivity contribution is 5.61. The van der Waals surface area contributed by atoms with Crippen molar-refractivity contribution < 1.29 is 0 Å². The fraction of sp³-hybridized carbons (Fsp3) is 0.538. The van der Waals surface area contributed by atoms with Crippen molar-refractivity contribution in [2.24, 2.45) is 0 Å². The van der Waals surface area contributed by atoms with E-state index in [0.29, 0.717) is 6.04 Å². The smallest absolute Gasteiger partial charge is 0.0404 e. The summed E-state index contributed by atoms with van der Waals surface area (Å²) in [7, 11) is 0. The Hall–Kier alpha value is -0.980. The van der Waals surface area contributed by atoms with Crippen molar-refractivity contribution in [3.05, 3.63) is 29.3 Å². The Balaban J connectivity index is 2.41. The van der Waals surface area contributed by atoms with E-state index in [0.717, 1.165) is 6.42 Å². The molecule has 1 aromatic carbocycles. The Kier molecular flexibility index (Phi) is 2.49. The normalized spacial score (nSPS) is 15.0. The molecule has 76 valence electrons. The first kappa shape index (κ1) is 9.57. The van der Waals surface area contributed by atoms with Gasteiger partial charge in [-0.2, -0.15) is 0 Å². The van der Waals surface area contributed by atoms with Crippen molar-refractivity contribution >= 4 is 5.69 Å². The Labute approximate surface area is 86.7 Å². The van der Waals surface area contributed by atoms with Crippen molar-refractivity contribution in [1.29, 1.82) is 0 Å². The van der Waals surface area contributed by atoms with E-state index in [9.17, 15) is 0 Å². The molecule has 0 unspecified atom stereocenters. The monoisotopic (exact) mass is 189 g/mol. The molecule has 0 radical (unpaired) electrons. The number of anilines is 1. The lowest BCUT2D eigenvalue weighted by molar-refractivity contribution is 0.710. The zero-order valence-electron chi connectivity index (χ0n) is 9.38. The third-order valence-corrected chi connectivity index (χ3v) is 3.16. The molecule has 0 aromatic heterocycles. The van der Waals surface area contributed by atoms with Gasteiger partial charge in [-0.15, -0.1) is 0 Å². The number of hydrogen-bond acceptors (Lipinski definition) is 1. The lowest BCUT2D eigenvalue weighted by Crippen LogP contribution is -2.28. The Morgan fingerprint density at radius 2 is 2.14 bits per heavy atom. The maximum atomic E-state index is 2.51. The summed E-state index contributed by atoms with van der Waals surface area (Å²) in [6.45, 7) is 7.99. The molecular formula is C13H19N. The summed E-state index contributed by atoms with van der Waals surface area (Å²) in [6, 6.07) is 7.35. The molecular weight excluding hydrogens is 170 g/mol. The van der Waals surface area contributed by atoms with Gasteiger partial charge in [-0.05, 0) is 43.9 Å². The Morgan fingerprint density at radius 3 is 2.79 bits per heavy atom. The van der Waals surface area contributed by atoms with Gasteiger partial charge < -0.3 is 4.90 Å². The lowest BCUT2D eigenvalue weighted by atomic mass is 10.0. The van der Waals surface area contributed by atoms with Crippen molar-refractivity contribution in [3.8, 4) is 0 Å². The molecule has 0 aliphatic carbocycles. The van der Waals surface area contributed by atoms with Gasteiger partial charge in [-0.3, -0.25) is 0 Å². The van der Waals surface area contributed by atoms with Crippen molar-refractivity contribution in [3.63, 3.8) is 0 Å². The third-order valence-electron chi connectivity index (χ3n) is 3.16. The van der Waals surface area contributed by atoms with Crippen LogP contribution in [0.5, 0.6) is 0 Å². The molecule has 1 heteroatoms. The lowest BCUT2D eigenvalue weighted by Gasteiger charge is -2.24. The minimum absolute atomic E-state index is 0.628. The van der Waals surface area contributed by atoms with Gasteiger partial charge in [-0.1, -0.05) is 19.1 Å². The van der Waals surface area contributed by atoms with Crippen LogP contribution in [0.2, 0.25) is 0 Å². The zero-order chi connectivity index (χ0) is 10.1. The average molecular weight is 189 g/mol. The summed E-state index contributed by atoms with van der Waals surface area (Å²) in [5, 5.41) is 0. The molecule has 0 fully saturated rings. The molecule has 0 spiro atoms. The van der Waals surface area contributed by atoms with Gasteiger partial charge in [0.15, 0.2) is 0 Å². The first-order chi connectivity index (χ1) is 6.74. The average Bonchev–Trinajstić information content (AvgIpc) is 2.60. The van der Waals surface area contributed by atoms with Crippen LogP contribution in [0.25, 0.3) is 0 Å². The molecule has 1 aliphatic heterocycles. The minimum Gasteiger partial charge on any atom is -0.369 e. The van der Waals surface area contributed by atoms with Crippen LogP contribution in [0.1, 0.15) is 31.9 Å². The van der Waals surface area contributed by atoms with Crippen molar-refractivity contribution in [2.75, 3.05) is 11.4 Å². The second-order valence-electron chi connectivity index (χ2n) is 4.31. The van der Waals surface area contributed by atoms with Crippen LogP contribution in [0.15, 0.2) is 18.2 Å². The molecule has 0 bridgehead atoms. The van der Waals surface area contributed by atoms with E-state index < -0.39 is 0 Å². The summed E-state index contributed by atoms with van der Waals surface area (Å²) in [4.78, 5) is 2.51. The summed E-state index contributed by atoms with van der Waals surface area (Å²) in [5.41, 5.74) is 4.59. The zero-order valence-corrected chi connectivity index (χ0v) is 9.38. The molecule has 1 aromatic rings. The topological polar surface area (TPSA) is 3.24 Å².